The first-order valence-electron chi connectivity index (χ1n) is 8.18. The van der Waals surface area contributed by atoms with E-state index in [0.717, 1.165) is 11.3 Å². The van der Waals surface area contributed by atoms with E-state index in [1.54, 1.807) is 25.1 Å². The molecule has 3 rings (SSSR count). The lowest BCUT2D eigenvalue weighted by Crippen LogP contribution is -2.40. The number of halogens is 1. The lowest BCUT2D eigenvalue weighted by Gasteiger charge is -2.27. The van der Waals surface area contributed by atoms with Crippen LogP contribution in [0.25, 0.3) is 0 Å². The van der Waals surface area contributed by atoms with Gasteiger partial charge in [-0.15, -0.1) is 11.8 Å². The van der Waals surface area contributed by atoms with E-state index in [0.29, 0.717) is 16.9 Å². The van der Waals surface area contributed by atoms with E-state index < -0.39 is 17.0 Å². The Bertz CT molecular complexity index is 846. The van der Waals surface area contributed by atoms with E-state index in [2.05, 4.69) is 10.6 Å². The van der Waals surface area contributed by atoms with E-state index in [9.17, 15) is 19.3 Å². The first-order valence-corrected chi connectivity index (χ1v) is 9.17. The van der Waals surface area contributed by atoms with Crippen LogP contribution in [0.2, 0.25) is 0 Å². The number of nitro benzene ring substituents is 1. The van der Waals surface area contributed by atoms with Crippen LogP contribution in [0, 0.1) is 15.9 Å². The zero-order chi connectivity index (χ0) is 18.7. The highest BCUT2D eigenvalue weighted by atomic mass is 32.2. The Kier molecular flexibility index (Phi) is 5.41. The van der Waals surface area contributed by atoms with Gasteiger partial charge in [0.25, 0.3) is 5.69 Å². The van der Waals surface area contributed by atoms with Gasteiger partial charge in [0.15, 0.2) is 0 Å². The van der Waals surface area contributed by atoms with Gasteiger partial charge < -0.3 is 10.6 Å². The molecule has 2 aromatic rings. The summed E-state index contributed by atoms with van der Waals surface area (Å²) in [5.74, 6) is 0.448. The molecule has 2 unspecified atom stereocenters. The van der Waals surface area contributed by atoms with E-state index in [4.69, 9.17) is 0 Å². The number of fused-ring (bicyclic) bond motifs is 1. The highest BCUT2D eigenvalue weighted by Gasteiger charge is 2.25. The first-order chi connectivity index (χ1) is 12.5. The monoisotopic (exact) mass is 375 g/mol. The third kappa shape index (κ3) is 3.96. The van der Waals surface area contributed by atoms with Crippen molar-refractivity contribution in [3.8, 4) is 0 Å². The lowest BCUT2D eigenvalue weighted by molar-refractivity contribution is -0.384. The number of rotatable bonds is 4. The number of nitro groups is 1. The quantitative estimate of drug-likeness (QED) is 0.615. The smallest absolute Gasteiger partial charge is 0.315 e. The SMILES string of the molecule is CC(NC(=O)NC1CCSc2c(F)cccc21)c1cccc([N+](=O)[O-])c1. The van der Waals surface area contributed by atoms with E-state index >= 15 is 0 Å². The summed E-state index contributed by atoms with van der Waals surface area (Å²) in [4.78, 5) is 23.3. The minimum absolute atomic E-state index is 0.0229. The fourth-order valence-electron chi connectivity index (χ4n) is 2.92. The molecule has 1 heterocycles. The number of hydrogen-bond donors (Lipinski definition) is 2. The molecule has 2 N–H and O–H groups in total. The molecular formula is C18H18FN3O3S. The topological polar surface area (TPSA) is 84.3 Å². The molecule has 2 aromatic carbocycles. The van der Waals surface area contributed by atoms with Crippen LogP contribution in [0.15, 0.2) is 47.4 Å². The van der Waals surface area contributed by atoms with Gasteiger partial charge in [0.05, 0.1) is 17.0 Å². The van der Waals surface area contributed by atoms with Crippen LogP contribution in [0.1, 0.15) is 36.6 Å². The molecule has 1 aliphatic rings. The van der Waals surface area contributed by atoms with Crippen LogP contribution in [-0.4, -0.2) is 16.7 Å². The summed E-state index contributed by atoms with van der Waals surface area (Å²) in [7, 11) is 0. The number of non-ortho nitro benzene ring substituents is 1. The zero-order valence-corrected chi connectivity index (χ0v) is 14.9. The number of thioether (sulfide) groups is 1. The average molecular weight is 375 g/mol. The molecule has 0 saturated carbocycles. The summed E-state index contributed by atoms with van der Waals surface area (Å²) in [6.07, 6.45) is 0.708. The van der Waals surface area contributed by atoms with Crippen molar-refractivity contribution in [1.29, 1.82) is 0 Å². The molecule has 26 heavy (non-hydrogen) atoms. The standard InChI is InChI=1S/C18H18FN3O3S/c1-11(12-4-2-5-13(10-12)22(24)25)20-18(23)21-16-8-9-26-17-14(16)6-3-7-15(17)19/h2-7,10-11,16H,8-9H2,1H3,(H2,20,21,23). The molecule has 2 amide bonds. The molecule has 0 fully saturated rings. The van der Waals surface area contributed by atoms with Gasteiger partial charge in [-0.1, -0.05) is 24.3 Å². The highest BCUT2D eigenvalue weighted by molar-refractivity contribution is 7.99. The van der Waals surface area contributed by atoms with Crippen molar-refractivity contribution >= 4 is 23.5 Å². The predicted molar refractivity (Wildman–Crippen MR) is 97.7 cm³/mol. The van der Waals surface area contributed by atoms with Gasteiger partial charge >= 0.3 is 6.03 Å². The molecule has 6 nitrogen and oxygen atoms in total. The van der Waals surface area contributed by atoms with Crippen molar-refractivity contribution in [2.45, 2.75) is 30.3 Å². The van der Waals surface area contributed by atoms with Crippen LogP contribution >= 0.6 is 11.8 Å². The van der Waals surface area contributed by atoms with Gasteiger partial charge in [-0.25, -0.2) is 9.18 Å². The molecule has 0 spiro atoms. The van der Waals surface area contributed by atoms with Crippen LogP contribution in [0.5, 0.6) is 0 Å². The van der Waals surface area contributed by atoms with Crippen molar-refractivity contribution in [1.82, 2.24) is 10.6 Å². The number of nitrogens with zero attached hydrogens (tertiary/aromatic N) is 1. The maximum Gasteiger partial charge on any atom is 0.315 e. The molecule has 2 atom stereocenters. The van der Waals surface area contributed by atoms with Gasteiger partial charge in [-0.05, 0) is 30.5 Å². The normalized spacial score (nSPS) is 17.1. The summed E-state index contributed by atoms with van der Waals surface area (Å²) >= 11 is 1.45. The Labute approximate surface area is 154 Å². The van der Waals surface area contributed by atoms with Crippen LogP contribution in [0.3, 0.4) is 0 Å². The van der Waals surface area contributed by atoms with Crippen molar-refractivity contribution < 1.29 is 14.1 Å². The molecule has 0 radical (unpaired) electrons. The molecule has 8 heteroatoms. The Morgan fingerprint density at radius 2 is 2.12 bits per heavy atom. The molecule has 0 aliphatic carbocycles. The van der Waals surface area contributed by atoms with Crippen molar-refractivity contribution in [2.75, 3.05) is 5.75 Å². The first kappa shape index (κ1) is 18.2. The summed E-state index contributed by atoms with van der Waals surface area (Å²) in [5, 5.41) is 16.5. The second-order valence-corrected chi connectivity index (χ2v) is 7.14. The number of benzene rings is 2. The number of amides is 2. The van der Waals surface area contributed by atoms with Gasteiger partial charge in [0.1, 0.15) is 5.82 Å². The number of carbonyl (C=O) groups is 1. The number of urea groups is 1. The minimum Gasteiger partial charge on any atom is -0.332 e. The van der Waals surface area contributed by atoms with Crippen LogP contribution < -0.4 is 10.6 Å². The largest absolute Gasteiger partial charge is 0.332 e. The van der Waals surface area contributed by atoms with E-state index in [1.807, 2.05) is 6.07 Å². The average Bonchev–Trinajstić information content (AvgIpc) is 2.62. The van der Waals surface area contributed by atoms with E-state index in [1.165, 1.54) is 30.0 Å². The number of hydrogen-bond acceptors (Lipinski definition) is 4. The lowest BCUT2D eigenvalue weighted by atomic mass is 10.0. The van der Waals surface area contributed by atoms with Gasteiger partial charge in [-0.3, -0.25) is 10.1 Å². The summed E-state index contributed by atoms with van der Waals surface area (Å²) < 4.78 is 13.9. The molecule has 136 valence electrons. The van der Waals surface area contributed by atoms with Crippen LogP contribution in [0.4, 0.5) is 14.9 Å². The van der Waals surface area contributed by atoms with Gasteiger partial charge in [-0.2, -0.15) is 0 Å². The minimum atomic E-state index is -0.471. The third-order valence-corrected chi connectivity index (χ3v) is 5.42. The highest BCUT2D eigenvalue weighted by Crippen LogP contribution is 2.37. The van der Waals surface area contributed by atoms with Gasteiger partial charge in [0.2, 0.25) is 0 Å². The maximum absolute atomic E-state index is 13.9. The van der Waals surface area contributed by atoms with Gasteiger partial charge in [0, 0.05) is 22.8 Å². The Balaban J connectivity index is 1.67. The summed E-state index contributed by atoms with van der Waals surface area (Å²) in [5.41, 5.74) is 1.39. The predicted octanol–water partition coefficient (Wildman–Crippen LogP) is 4.33. The molecular weight excluding hydrogens is 357 g/mol. The molecule has 0 aromatic heterocycles. The molecule has 0 saturated heterocycles. The Morgan fingerprint density at radius 3 is 2.88 bits per heavy atom. The zero-order valence-electron chi connectivity index (χ0n) is 14.1. The fourth-order valence-corrected chi connectivity index (χ4v) is 4.06. The van der Waals surface area contributed by atoms with Crippen LogP contribution in [-0.2, 0) is 0 Å². The molecule has 0 bridgehead atoms. The maximum atomic E-state index is 13.9. The van der Waals surface area contributed by atoms with E-state index in [-0.39, 0.29) is 17.5 Å². The second kappa shape index (κ2) is 7.74. The van der Waals surface area contributed by atoms with Crippen molar-refractivity contribution in [3.05, 3.63) is 69.5 Å². The number of nitrogens with one attached hydrogen (secondary N) is 2. The third-order valence-electron chi connectivity index (χ3n) is 4.26. The fraction of sp³-hybridized carbons (Fsp3) is 0.278. The Morgan fingerprint density at radius 1 is 1.35 bits per heavy atom. The summed E-state index contributed by atoms with van der Waals surface area (Å²) in [6.45, 7) is 1.75. The van der Waals surface area contributed by atoms with Crippen molar-refractivity contribution in [3.63, 3.8) is 0 Å². The second-order valence-electron chi connectivity index (χ2n) is 6.04. The summed E-state index contributed by atoms with van der Waals surface area (Å²) in [6, 6.07) is 9.96. The van der Waals surface area contributed by atoms with Crippen molar-refractivity contribution in [2.24, 2.45) is 0 Å². The number of carbonyl (C=O) groups excluding carboxylic acids is 1. The Hall–Kier alpha value is -2.61. The molecule has 1 aliphatic heterocycles.